The van der Waals surface area contributed by atoms with Gasteiger partial charge in [0.15, 0.2) is 0 Å². The Balaban J connectivity index is 1.61. The number of sulfonamides is 1. The molecule has 0 saturated carbocycles. The molecule has 0 unspecified atom stereocenters. The van der Waals surface area contributed by atoms with Crippen molar-refractivity contribution in [2.45, 2.75) is 27.5 Å². The zero-order valence-corrected chi connectivity index (χ0v) is 16.7. The molecule has 3 N–H and O–H groups in total. The lowest BCUT2D eigenvalue weighted by Gasteiger charge is -2.11. The number of rotatable bonds is 7. The van der Waals surface area contributed by atoms with Gasteiger partial charge in [0.1, 0.15) is 0 Å². The monoisotopic (exact) mass is 412 g/mol. The number of anilines is 1. The molecular formula is C21H20N2O3S2. The Labute approximate surface area is 169 Å². The van der Waals surface area contributed by atoms with Crippen LogP contribution in [0.5, 0.6) is 0 Å². The van der Waals surface area contributed by atoms with Gasteiger partial charge in [-0.1, -0.05) is 54.2 Å². The standard InChI is InChI=1S/C21H20N2O3S2/c22-28(25,26)18-13-10-16(11-14-18)12-15-21(24)23-19-8-4-5-9-20(19)27-17-6-2-1-3-7-17/h1-11,13-14H,12,15H2,(H,23,24)(H2,22,25,26). The van der Waals surface area contributed by atoms with Gasteiger partial charge in [0.05, 0.1) is 10.6 Å². The maximum atomic E-state index is 12.4. The Morgan fingerprint density at radius 1 is 0.893 bits per heavy atom. The Hall–Kier alpha value is -2.61. The van der Waals surface area contributed by atoms with E-state index >= 15 is 0 Å². The van der Waals surface area contributed by atoms with Crippen molar-refractivity contribution in [3.8, 4) is 0 Å². The van der Waals surface area contributed by atoms with Gasteiger partial charge in [0.25, 0.3) is 0 Å². The molecule has 0 aliphatic heterocycles. The van der Waals surface area contributed by atoms with E-state index in [1.807, 2.05) is 54.6 Å². The van der Waals surface area contributed by atoms with Gasteiger partial charge in [-0.3, -0.25) is 4.79 Å². The Morgan fingerprint density at radius 3 is 2.21 bits per heavy atom. The lowest BCUT2D eigenvalue weighted by Crippen LogP contribution is -2.13. The van der Waals surface area contributed by atoms with Gasteiger partial charge in [0, 0.05) is 16.2 Å². The van der Waals surface area contributed by atoms with Crippen molar-refractivity contribution in [1.29, 1.82) is 0 Å². The van der Waals surface area contributed by atoms with Crippen LogP contribution >= 0.6 is 11.8 Å². The van der Waals surface area contributed by atoms with Crippen molar-refractivity contribution in [3.63, 3.8) is 0 Å². The number of aryl methyl sites for hydroxylation is 1. The van der Waals surface area contributed by atoms with E-state index in [1.54, 1.807) is 23.9 Å². The molecule has 0 bridgehead atoms. The van der Waals surface area contributed by atoms with Gasteiger partial charge in [-0.05, 0) is 48.4 Å². The molecule has 3 rings (SSSR count). The molecule has 0 atom stereocenters. The summed E-state index contributed by atoms with van der Waals surface area (Å²) in [6, 6.07) is 23.9. The van der Waals surface area contributed by atoms with Crippen molar-refractivity contribution in [2.75, 3.05) is 5.32 Å². The van der Waals surface area contributed by atoms with E-state index in [1.165, 1.54) is 12.1 Å². The molecule has 3 aromatic carbocycles. The maximum absolute atomic E-state index is 12.4. The van der Waals surface area contributed by atoms with Crippen LogP contribution in [-0.2, 0) is 21.2 Å². The first kappa shape index (κ1) is 20.1. The number of benzene rings is 3. The zero-order valence-electron chi connectivity index (χ0n) is 15.0. The second-order valence-electron chi connectivity index (χ2n) is 6.15. The summed E-state index contributed by atoms with van der Waals surface area (Å²) >= 11 is 1.59. The van der Waals surface area contributed by atoms with Crippen LogP contribution in [0.25, 0.3) is 0 Å². The van der Waals surface area contributed by atoms with Crippen molar-refractivity contribution in [3.05, 3.63) is 84.4 Å². The minimum Gasteiger partial charge on any atom is -0.325 e. The molecule has 1 amide bonds. The molecule has 28 heavy (non-hydrogen) atoms. The van der Waals surface area contributed by atoms with Gasteiger partial charge in [0.2, 0.25) is 15.9 Å². The highest BCUT2D eigenvalue weighted by Crippen LogP contribution is 2.33. The van der Waals surface area contributed by atoms with Crippen LogP contribution in [0.1, 0.15) is 12.0 Å². The average Bonchev–Trinajstić information content (AvgIpc) is 2.68. The molecule has 144 valence electrons. The van der Waals surface area contributed by atoms with E-state index < -0.39 is 10.0 Å². The summed E-state index contributed by atoms with van der Waals surface area (Å²) < 4.78 is 22.6. The lowest BCUT2D eigenvalue weighted by molar-refractivity contribution is -0.116. The summed E-state index contributed by atoms with van der Waals surface area (Å²) in [5.74, 6) is -0.100. The van der Waals surface area contributed by atoms with Crippen LogP contribution in [0.3, 0.4) is 0 Å². The number of hydrogen-bond acceptors (Lipinski definition) is 4. The Bertz CT molecular complexity index is 1050. The van der Waals surface area contributed by atoms with E-state index in [-0.39, 0.29) is 10.8 Å². The first-order valence-electron chi connectivity index (χ1n) is 8.65. The molecule has 0 saturated heterocycles. The highest BCUT2D eigenvalue weighted by Gasteiger charge is 2.10. The number of hydrogen-bond donors (Lipinski definition) is 2. The SMILES string of the molecule is NS(=O)(=O)c1ccc(CCC(=O)Nc2ccccc2Sc2ccccc2)cc1. The van der Waals surface area contributed by atoms with Gasteiger partial charge in [-0.25, -0.2) is 13.6 Å². The smallest absolute Gasteiger partial charge is 0.238 e. The average molecular weight is 413 g/mol. The molecule has 0 aliphatic carbocycles. The first-order chi connectivity index (χ1) is 13.4. The van der Waals surface area contributed by atoms with Crippen LogP contribution < -0.4 is 10.5 Å². The van der Waals surface area contributed by atoms with Crippen LogP contribution in [0.15, 0.2) is 93.5 Å². The predicted molar refractivity (Wildman–Crippen MR) is 112 cm³/mol. The summed E-state index contributed by atoms with van der Waals surface area (Å²) in [6.45, 7) is 0. The fourth-order valence-electron chi connectivity index (χ4n) is 2.59. The Morgan fingerprint density at radius 2 is 1.54 bits per heavy atom. The molecule has 0 aromatic heterocycles. The fourth-order valence-corrected chi connectivity index (χ4v) is 4.03. The number of carbonyl (C=O) groups excluding carboxylic acids is 1. The maximum Gasteiger partial charge on any atom is 0.238 e. The molecule has 0 radical (unpaired) electrons. The summed E-state index contributed by atoms with van der Waals surface area (Å²) in [4.78, 5) is 14.5. The molecule has 0 heterocycles. The third-order valence-corrected chi connectivity index (χ3v) is 6.04. The van der Waals surface area contributed by atoms with Crippen molar-refractivity contribution >= 4 is 33.4 Å². The number of nitrogens with two attached hydrogens (primary N) is 1. The van der Waals surface area contributed by atoms with Crippen LogP contribution in [-0.4, -0.2) is 14.3 Å². The van der Waals surface area contributed by atoms with Gasteiger partial charge in [-0.2, -0.15) is 0 Å². The predicted octanol–water partition coefficient (Wildman–Crippen LogP) is 4.06. The topological polar surface area (TPSA) is 89.3 Å². The molecule has 7 heteroatoms. The zero-order chi connectivity index (χ0) is 20.0. The third kappa shape index (κ3) is 5.69. The number of nitrogens with one attached hydrogen (secondary N) is 1. The second-order valence-corrected chi connectivity index (χ2v) is 8.83. The third-order valence-electron chi connectivity index (χ3n) is 4.02. The van der Waals surface area contributed by atoms with E-state index in [2.05, 4.69) is 5.32 Å². The highest BCUT2D eigenvalue weighted by molar-refractivity contribution is 7.99. The summed E-state index contributed by atoms with van der Waals surface area (Å²) in [5.41, 5.74) is 1.64. The summed E-state index contributed by atoms with van der Waals surface area (Å²) in [6.07, 6.45) is 0.795. The van der Waals surface area contributed by atoms with E-state index in [0.29, 0.717) is 12.8 Å². The van der Waals surface area contributed by atoms with Gasteiger partial charge < -0.3 is 5.32 Å². The molecule has 5 nitrogen and oxygen atoms in total. The number of para-hydroxylation sites is 1. The quantitative estimate of drug-likeness (QED) is 0.612. The van der Waals surface area contributed by atoms with E-state index in [4.69, 9.17) is 5.14 Å². The van der Waals surface area contributed by atoms with E-state index in [0.717, 1.165) is 21.0 Å². The van der Waals surface area contributed by atoms with Crippen molar-refractivity contribution in [1.82, 2.24) is 0 Å². The second kappa shape index (κ2) is 9.05. The van der Waals surface area contributed by atoms with Crippen LogP contribution in [0.4, 0.5) is 5.69 Å². The van der Waals surface area contributed by atoms with E-state index in [9.17, 15) is 13.2 Å². The number of primary sulfonamides is 1. The fraction of sp³-hybridized carbons (Fsp3) is 0.0952. The minimum absolute atomic E-state index is 0.0626. The Kier molecular flexibility index (Phi) is 6.51. The minimum atomic E-state index is -3.70. The van der Waals surface area contributed by atoms with Crippen LogP contribution in [0.2, 0.25) is 0 Å². The first-order valence-corrected chi connectivity index (χ1v) is 11.0. The van der Waals surface area contributed by atoms with Gasteiger partial charge in [-0.15, -0.1) is 0 Å². The molecule has 0 spiro atoms. The summed E-state index contributed by atoms with van der Waals surface area (Å²) in [7, 11) is -3.70. The van der Waals surface area contributed by atoms with Gasteiger partial charge >= 0.3 is 0 Å². The normalized spacial score (nSPS) is 11.2. The van der Waals surface area contributed by atoms with Crippen molar-refractivity contribution < 1.29 is 13.2 Å². The highest BCUT2D eigenvalue weighted by atomic mass is 32.2. The molecular weight excluding hydrogens is 392 g/mol. The molecule has 3 aromatic rings. The van der Waals surface area contributed by atoms with Crippen LogP contribution in [0, 0.1) is 0 Å². The molecule has 0 aliphatic rings. The molecule has 0 fully saturated rings. The largest absolute Gasteiger partial charge is 0.325 e. The summed E-state index contributed by atoms with van der Waals surface area (Å²) in [5, 5.41) is 8.05. The number of amides is 1. The van der Waals surface area contributed by atoms with Crippen molar-refractivity contribution in [2.24, 2.45) is 5.14 Å². The number of carbonyl (C=O) groups is 1. The lowest BCUT2D eigenvalue weighted by atomic mass is 10.1.